The molecule has 1 saturated heterocycles. The van der Waals surface area contributed by atoms with Gasteiger partial charge in [-0.3, -0.25) is 0 Å². The number of methoxy groups -OCH3 is 1. The fourth-order valence-corrected chi connectivity index (χ4v) is 2.99. The van der Waals surface area contributed by atoms with Gasteiger partial charge in [-0.1, -0.05) is 6.07 Å². The molecule has 0 spiro atoms. The Morgan fingerprint density at radius 1 is 1.31 bits per heavy atom. The Kier molecular flexibility index (Phi) is 10.1. The van der Waals surface area contributed by atoms with Crippen LogP contribution in [0.3, 0.4) is 0 Å². The van der Waals surface area contributed by atoms with Crippen molar-refractivity contribution in [2.75, 3.05) is 46.6 Å². The van der Waals surface area contributed by atoms with E-state index in [9.17, 15) is 4.79 Å². The van der Waals surface area contributed by atoms with E-state index in [4.69, 9.17) is 14.2 Å². The number of hydrogen-bond donors (Lipinski definition) is 2. The molecular weight excluding hydrogens is 374 g/mol. The van der Waals surface area contributed by atoms with Crippen molar-refractivity contribution in [1.82, 2.24) is 20.5 Å². The molecular formula is C20H33N5O4. The summed E-state index contributed by atoms with van der Waals surface area (Å²) in [5.74, 6) is 1.32. The SMILES string of the molecule is CCNC(=NCc1cccnc1OCCOC)NC1CCN(C(=O)OCC)CC1. The molecule has 0 saturated carbocycles. The zero-order valence-electron chi connectivity index (χ0n) is 17.6. The number of ether oxygens (including phenoxy) is 3. The van der Waals surface area contributed by atoms with Crippen LogP contribution in [0.15, 0.2) is 23.3 Å². The average molecular weight is 408 g/mol. The number of amides is 1. The fraction of sp³-hybridized carbons (Fsp3) is 0.650. The molecule has 0 unspecified atom stereocenters. The van der Waals surface area contributed by atoms with Crippen LogP contribution in [0.25, 0.3) is 0 Å². The Labute approximate surface area is 172 Å². The number of carbonyl (C=O) groups excluding carboxylic acids is 1. The van der Waals surface area contributed by atoms with E-state index < -0.39 is 0 Å². The molecule has 1 amide bonds. The molecule has 162 valence electrons. The van der Waals surface area contributed by atoms with E-state index in [1.807, 2.05) is 26.0 Å². The van der Waals surface area contributed by atoms with Crippen molar-refractivity contribution < 1.29 is 19.0 Å². The summed E-state index contributed by atoms with van der Waals surface area (Å²) in [5.41, 5.74) is 0.915. The number of aromatic nitrogens is 1. The van der Waals surface area contributed by atoms with Gasteiger partial charge in [0, 0.05) is 44.5 Å². The maximum absolute atomic E-state index is 11.8. The predicted molar refractivity (Wildman–Crippen MR) is 111 cm³/mol. The van der Waals surface area contributed by atoms with Crippen molar-refractivity contribution >= 4 is 12.1 Å². The molecule has 0 bridgehead atoms. The summed E-state index contributed by atoms with van der Waals surface area (Å²) in [5, 5.41) is 6.75. The predicted octanol–water partition coefficient (Wildman–Crippen LogP) is 1.78. The quantitative estimate of drug-likeness (QED) is 0.366. The number of rotatable bonds is 9. The minimum Gasteiger partial charge on any atom is -0.475 e. The molecule has 0 aliphatic carbocycles. The highest BCUT2D eigenvalue weighted by atomic mass is 16.6. The molecule has 0 radical (unpaired) electrons. The van der Waals surface area contributed by atoms with Crippen molar-refractivity contribution in [3.05, 3.63) is 23.9 Å². The van der Waals surface area contributed by atoms with Gasteiger partial charge in [0.1, 0.15) is 6.61 Å². The number of guanidine groups is 1. The van der Waals surface area contributed by atoms with Crippen LogP contribution >= 0.6 is 0 Å². The van der Waals surface area contributed by atoms with Gasteiger partial charge in [-0.2, -0.15) is 0 Å². The van der Waals surface area contributed by atoms with Crippen molar-refractivity contribution in [1.29, 1.82) is 0 Å². The summed E-state index contributed by atoms with van der Waals surface area (Å²) in [6, 6.07) is 4.09. The highest BCUT2D eigenvalue weighted by Crippen LogP contribution is 2.16. The molecule has 2 N–H and O–H groups in total. The van der Waals surface area contributed by atoms with Crippen LogP contribution in [0, 0.1) is 0 Å². The van der Waals surface area contributed by atoms with Gasteiger partial charge < -0.3 is 29.7 Å². The van der Waals surface area contributed by atoms with Gasteiger partial charge in [0.15, 0.2) is 5.96 Å². The second kappa shape index (κ2) is 12.8. The average Bonchev–Trinajstić information content (AvgIpc) is 2.74. The topological polar surface area (TPSA) is 97.3 Å². The molecule has 1 aliphatic heterocycles. The molecule has 29 heavy (non-hydrogen) atoms. The van der Waals surface area contributed by atoms with E-state index in [0.29, 0.717) is 45.3 Å². The summed E-state index contributed by atoms with van der Waals surface area (Å²) in [6.07, 6.45) is 3.17. The third kappa shape index (κ3) is 7.77. The first-order valence-corrected chi connectivity index (χ1v) is 10.2. The van der Waals surface area contributed by atoms with Crippen LogP contribution in [0.4, 0.5) is 4.79 Å². The smallest absolute Gasteiger partial charge is 0.409 e. The Morgan fingerprint density at radius 2 is 2.10 bits per heavy atom. The van der Waals surface area contributed by atoms with Gasteiger partial charge in [0.2, 0.25) is 5.88 Å². The minimum absolute atomic E-state index is 0.232. The van der Waals surface area contributed by atoms with Crippen molar-refractivity contribution in [2.24, 2.45) is 4.99 Å². The molecule has 9 heteroatoms. The standard InChI is InChI=1S/C20H33N5O4/c1-4-21-19(24-17-8-11-25(12-9-17)20(26)28-5-2)23-15-16-7-6-10-22-18(16)29-14-13-27-3/h6-7,10,17H,4-5,8-9,11-15H2,1-3H3,(H2,21,23,24). The molecule has 0 aromatic carbocycles. The van der Waals surface area contributed by atoms with Crippen molar-refractivity contribution in [2.45, 2.75) is 39.3 Å². The highest BCUT2D eigenvalue weighted by molar-refractivity contribution is 5.80. The lowest BCUT2D eigenvalue weighted by molar-refractivity contribution is 0.0963. The van der Waals surface area contributed by atoms with Crippen LogP contribution in [0.1, 0.15) is 32.3 Å². The van der Waals surface area contributed by atoms with Gasteiger partial charge in [0.25, 0.3) is 0 Å². The fourth-order valence-electron chi connectivity index (χ4n) is 2.99. The first-order chi connectivity index (χ1) is 14.2. The summed E-state index contributed by atoms with van der Waals surface area (Å²) in [6.45, 7) is 7.78. The van der Waals surface area contributed by atoms with Crippen LogP contribution in [-0.4, -0.2) is 74.5 Å². The Balaban J connectivity index is 1.91. The van der Waals surface area contributed by atoms with Gasteiger partial charge in [-0.25, -0.2) is 14.8 Å². The largest absolute Gasteiger partial charge is 0.475 e. The van der Waals surface area contributed by atoms with Gasteiger partial charge in [-0.15, -0.1) is 0 Å². The van der Waals surface area contributed by atoms with E-state index in [1.165, 1.54) is 0 Å². The summed E-state index contributed by atoms with van der Waals surface area (Å²) in [7, 11) is 1.64. The second-order valence-corrected chi connectivity index (χ2v) is 6.61. The van der Waals surface area contributed by atoms with Gasteiger partial charge in [-0.05, 0) is 32.8 Å². The Morgan fingerprint density at radius 3 is 2.79 bits per heavy atom. The monoisotopic (exact) mass is 407 g/mol. The van der Waals surface area contributed by atoms with E-state index in [2.05, 4.69) is 20.6 Å². The van der Waals surface area contributed by atoms with Crippen molar-refractivity contribution in [3.63, 3.8) is 0 Å². The van der Waals surface area contributed by atoms with Gasteiger partial charge >= 0.3 is 6.09 Å². The summed E-state index contributed by atoms with van der Waals surface area (Å²) in [4.78, 5) is 22.6. The van der Waals surface area contributed by atoms with E-state index in [-0.39, 0.29) is 12.1 Å². The van der Waals surface area contributed by atoms with E-state index in [1.54, 1.807) is 18.2 Å². The molecule has 2 heterocycles. The van der Waals surface area contributed by atoms with E-state index in [0.717, 1.165) is 30.9 Å². The molecule has 1 fully saturated rings. The van der Waals surface area contributed by atoms with Crippen LogP contribution in [0.2, 0.25) is 0 Å². The van der Waals surface area contributed by atoms with Crippen LogP contribution in [0.5, 0.6) is 5.88 Å². The lowest BCUT2D eigenvalue weighted by Gasteiger charge is -2.32. The highest BCUT2D eigenvalue weighted by Gasteiger charge is 2.24. The summed E-state index contributed by atoms with van der Waals surface area (Å²) >= 11 is 0. The molecule has 1 aromatic rings. The number of piperidine rings is 1. The second-order valence-electron chi connectivity index (χ2n) is 6.61. The normalized spacial score (nSPS) is 15.1. The maximum atomic E-state index is 11.8. The number of nitrogens with one attached hydrogen (secondary N) is 2. The number of pyridine rings is 1. The Hall–Kier alpha value is -2.55. The molecule has 1 aromatic heterocycles. The molecule has 0 atom stereocenters. The summed E-state index contributed by atoms with van der Waals surface area (Å²) < 4.78 is 15.8. The maximum Gasteiger partial charge on any atom is 0.409 e. The lowest BCUT2D eigenvalue weighted by Crippen LogP contribution is -2.49. The molecule has 1 aliphatic rings. The number of carbonyl (C=O) groups is 1. The lowest BCUT2D eigenvalue weighted by atomic mass is 10.1. The first-order valence-electron chi connectivity index (χ1n) is 10.2. The Bertz CT molecular complexity index is 648. The molecule has 2 rings (SSSR count). The molecule has 9 nitrogen and oxygen atoms in total. The zero-order valence-corrected chi connectivity index (χ0v) is 17.6. The van der Waals surface area contributed by atoms with E-state index >= 15 is 0 Å². The number of nitrogens with zero attached hydrogens (tertiary/aromatic N) is 3. The number of likely N-dealkylation sites (tertiary alicyclic amines) is 1. The third-order valence-electron chi connectivity index (χ3n) is 4.49. The van der Waals surface area contributed by atoms with Gasteiger partial charge in [0.05, 0.1) is 19.8 Å². The number of hydrogen-bond acceptors (Lipinski definition) is 6. The van der Waals surface area contributed by atoms with Crippen LogP contribution < -0.4 is 15.4 Å². The number of aliphatic imine (C=N–C) groups is 1. The first kappa shape index (κ1) is 22.7. The zero-order chi connectivity index (χ0) is 20.9. The van der Waals surface area contributed by atoms with Crippen molar-refractivity contribution in [3.8, 4) is 5.88 Å². The third-order valence-corrected chi connectivity index (χ3v) is 4.49. The van der Waals surface area contributed by atoms with Crippen LogP contribution in [-0.2, 0) is 16.0 Å². The minimum atomic E-state index is -0.232.